The highest BCUT2D eigenvalue weighted by molar-refractivity contribution is 5.96. The first kappa shape index (κ1) is 19.4. The minimum atomic E-state index is -0.407. The Morgan fingerprint density at radius 1 is 1.25 bits per heavy atom. The van der Waals surface area contributed by atoms with Crippen LogP contribution >= 0.6 is 0 Å². The van der Waals surface area contributed by atoms with E-state index in [1.165, 1.54) is 24.9 Å². The van der Waals surface area contributed by atoms with Crippen molar-refractivity contribution in [1.82, 2.24) is 19.4 Å². The van der Waals surface area contributed by atoms with Gasteiger partial charge in [-0.3, -0.25) is 14.6 Å². The molecule has 2 aliphatic rings. The lowest BCUT2D eigenvalue weighted by Gasteiger charge is -2.33. The summed E-state index contributed by atoms with van der Waals surface area (Å²) in [5.41, 5.74) is 2.55. The van der Waals surface area contributed by atoms with E-state index in [4.69, 9.17) is 4.98 Å². The largest absolute Gasteiger partial charge is 0.326 e. The monoisotopic (exact) mass is 383 g/mol. The number of anilines is 1. The number of rotatable bonds is 4. The number of aromatic nitrogens is 2. The van der Waals surface area contributed by atoms with E-state index in [1.807, 2.05) is 32.9 Å². The molecule has 2 aliphatic heterocycles. The smallest absolute Gasteiger partial charge is 0.229 e. The molecule has 2 aromatic rings. The van der Waals surface area contributed by atoms with Crippen LogP contribution < -0.4 is 5.32 Å². The van der Waals surface area contributed by atoms with Crippen LogP contribution in [-0.2, 0) is 17.9 Å². The summed E-state index contributed by atoms with van der Waals surface area (Å²) in [7, 11) is 0. The fourth-order valence-electron chi connectivity index (χ4n) is 4.44. The number of benzene rings is 1. The summed E-state index contributed by atoms with van der Waals surface area (Å²) in [6, 6.07) is 6.78. The van der Waals surface area contributed by atoms with Crippen LogP contribution in [0.5, 0.6) is 0 Å². The van der Waals surface area contributed by atoms with Gasteiger partial charge in [0.2, 0.25) is 5.91 Å². The maximum absolute atomic E-state index is 12.3. The lowest BCUT2D eigenvalue weighted by molar-refractivity contribution is -0.123. The number of carbonyl (C=O) groups is 1. The number of hydrogen-bond donors (Lipinski definition) is 1. The first-order valence-electron chi connectivity index (χ1n) is 10.6. The van der Waals surface area contributed by atoms with E-state index in [0.717, 1.165) is 49.8 Å². The molecule has 4 rings (SSSR count). The molecule has 6 heteroatoms. The Kier molecular flexibility index (Phi) is 5.19. The minimum Gasteiger partial charge on any atom is -0.326 e. The summed E-state index contributed by atoms with van der Waals surface area (Å²) in [6.45, 7) is 14.6. The SMILES string of the molecule is CCN1CCC[C@@H]1CN1CCn2c(nc3cc(NC(=O)C(C)(C)C)ccc32)C1. The van der Waals surface area contributed by atoms with Crippen molar-refractivity contribution >= 4 is 22.6 Å². The van der Waals surface area contributed by atoms with Gasteiger partial charge in [-0.2, -0.15) is 0 Å². The second-order valence-corrected chi connectivity index (χ2v) is 9.25. The number of likely N-dealkylation sites (N-methyl/N-ethyl adjacent to an activating group) is 1. The number of fused-ring (bicyclic) bond motifs is 3. The van der Waals surface area contributed by atoms with Crippen molar-refractivity contribution in [1.29, 1.82) is 0 Å². The van der Waals surface area contributed by atoms with Crippen molar-refractivity contribution in [2.75, 3.05) is 31.5 Å². The van der Waals surface area contributed by atoms with Crippen molar-refractivity contribution in [2.45, 2.75) is 59.7 Å². The molecule has 1 N–H and O–H groups in total. The third-order valence-electron chi connectivity index (χ3n) is 6.15. The molecule has 6 nitrogen and oxygen atoms in total. The number of imidazole rings is 1. The topological polar surface area (TPSA) is 53.4 Å². The van der Waals surface area contributed by atoms with E-state index >= 15 is 0 Å². The molecule has 28 heavy (non-hydrogen) atoms. The van der Waals surface area contributed by atoms with Gasteiger partial charge in [0.1, 0.15) is 5.82 Å². The summed E-state index contributed by atoms with van der Waals surface area (Å²) >= 11 is 0. The number of nitrogens with zero attached hydrogens (tertiary/aromatic N) is 4. The Balaban J connectivity index is 1.49. The molecule has 1 aromatic carbocycles. The van der Waals surface area contributed by atoms with E-state index in [9.17, 15) is 4.79 Å². The molecule has 1 atom stereocenters. The average molecular weight is 384 g/mol. The molecule has 1 saturated heterocycles. The molecule has 0 radical (unpaired) electrons. The quantitative estimate of drug-likeness (QED) is 0.880. The summed E-state index contributed by atoms with van der Waals surface area (Å²) < 4.78 is 2.34. The van der Waals surface area contributed by atoms with E-state index < -0.39 is 5.41 Å². The predicted molar refractivity (Wildman–Crippen MR) is 113 cm³/mol. The Morgan fingerprint density at radius 2 is 2.07 bits per heavy atom. The highest BCUT2D eigenvalue weighted by Gasteiger charge is 2.28. The van der Waals surface area contributed by atoms with Crippen molar-refractivity contribution < 1.29 is 4.79 Å². The van der Waals surface area contributed by atoms with Gasteiger partial charge >= 0.3 is 0 Å². The molecule has 1 fully saturated rings. The molecule has 1 aromatic heterocycles. The second-order valence-electron chi connectivity index (χ2n) is 9.25. The fourth-order valence-corrected chi connectivity index (χ4v) is 4.44. The Hall–Kier alpha value is -1.92. The molecule has 0 bridgehead atoms. The zero-order valence-corrected chi connectivity index (χ0v) is 17.7. The normalized spacial score (nSPS) is 21.2. The van der Waals surface area contributed by atoms with Gasteiger partial charge in [0.25, 0.3) is 0 Å². The summed E-state index contributed by atoms with van der Waals surface area (Å²) in [6.07, 6.45) is 2.64. The zero-order valence-electron chi connectivity index (χ0n) is 17.7. The first-order chi connectivity index (χ1) is 13.3. The van der Waals surface area contributed by atoms with Gasteiger partial charge in [-0.15, -0.1) is 0 Å². The van der Waals surface area contributed by atoms with Crippen molar-refractivity contribution in [2.24, 2.45) is 5.41 Å². The number of likely N-dealkylation sites (tertiary alicyclic amines) is 1. The second kappa shape index (κ2) is 7.48. The highest BCUT2D eigenvalue weighted by atomic mass is 16.2. The standard InChI is InChI=1S/C22H33N5O/c1-5-26-10-6-7-17(26)14-25-11-12-27-19-9-8-16(23-21(28)22(2,3)4)13-18(19)24-20(27)15-25/h8-9,13,17H,5-7,10-12,14-15H2,1-4H3,(H,23,28)/t17-/m1/s1. The molecule has 0 aliphatic carbocycles. The van der Waals surface area contributed by atoms with Crippen LogP contribution in [0.25, 0.3) is 11.0 Å². The third kappa shape index (κ3) is 3.80. The zero-order chi connectivity index (χ0) is 19.9. The van der Waals surface area contributed by atoms with Crippen LogP contribution in [-0.4, -0.2) is 57.5 Å². The maximum atomic E-state index is 12.3. The van der Waals surface area contributed by atoms with Gasteiger partial charge in [0, 0.05) is 36.8 Å². The van der Waals surface area contributed by atoms with E-state index in [0.29, 0.717) is 6.04 Å². The number of amides is 1. The Labute approximate surface area is 167 Å². The summed E-state index contributed by atoms with van der Waals surface area (Å²) in [5, 5.41) is 3.02. The summed E-state index contributed by atoms with van der Waals surface area (Å²) in [5.74, 6) is 1.17. The number of carbonyl (C=O) groups excluding carboxylic acids is 1. The number of hydrogen-bond acceptors (Lipinski definition) is 4. The Morgan fingerprint density at radius 3 is 2.82 bits per heavy atom. The molecule has 0 spiro atoms. The van der Waals surface area contributed by atoms with E-state index in [2.05, 4.69) is 32.7 Å². The van der Waals surface area contributed by atoms with Crippen molar-refractivity contribution in [3.8, 4) is 0 Å². The van der Waals surface area contributed by atoms with Crippen LogP contribution in [0.4, 0.5) is 5.69 Å². The summed E-state index contributed by atoms with van der Waals surface area (Å²) in [4.78, 5) is 22.4. The molecular formula is C22H33N5O. The molecule has 0 saturated carbocycles. The molecule has 1 amide bonds. The van der Waals surface area contributed by atoms with Crippen LogP contribution in [0.15, 0.2) is 18.2 Å². The van der Waals surface area contributed by atoms with Gasteiger partial charge in [-0.05, 0) is 44.1 Å². The van der Waals surface area contributed by atoms with Crippen molar-refractivity contribution in [3.05, 3.63) is 24.0 Å². The van der Waals surface area contributed by atoms with Crippen LogP contribution in [0, 0.1) is 5.41 Å². The Bertz CT molecular complexity index is 866. The molecular weight excluding hydrogens is 350 g/mol. The van der Waals surface area contributed by atoms with Crippen molar-refractivity contribution in [3.63, 3.8) is 0 Å². The van der Waals surface area contributed by atoms with Gasteiger partial charge < -0.3 is 9.88 Å². The van der Waals surface area contributed by atoms with E-state index in [-0.39, 0.29) is 5.91 Å². The van der Waals surface area contributed by atoms with Gasteiger partial charge in [-0.25, -0.2) is 4.98 Å². The van der Waals surface area contributed by atoms with Crippen LogP contribution in [0.1, 0.15) is 46.4 Å². The average Bonchev–Trinajstić information content (AvgIpc) is 3.23. The third-order valence-corrected chi connectivity index (χ3v) is 6.15. The van der Waals surface area contributed by atoms with E-state index in [1.54, 1.807) is 0 Å². The highest BCUT2D eigenvalue weighted by Crippen LogP contribution is 2.26. The molecule has 152 valence electrons. The van der Waals surface area contributed by atoms with Gasteiger partial charge in [0.05, 0.1) is 17.6 Å². The number of nitrogens with one attached hydrogen (secondary N) is 1. The van der Waals surface area contributed by atoms with Gasteiger partial charge in [-0.1, -0.05) is 27.7 Å². The van der Waals surface area contributed by atoms with Gasteiger partial charge in [0.15, 0.2) is 0 Å². The predicted octanol–water partition coefficient (Wildman–Crippen LogP) is 3.32. The minimum absolute atomic E-state index is 0.0269. The lowest BCUT2D eigenvalue weighted by Crippen LogP contribution is -2.43. The van der Waals surface area contributed by atoms with Crippen LogP contribution in [0.2, 0.25) is 0 Å². The molecule has 0 unspecified atom stereocenters. The maximum Gasteiger partial charge on any atom is 0.229 e. The first-order valence-corrected chi connectivity index (χ1v) is 10.6. The fraction of sp³-hybridized carbons (Fsp3) is 0.636. The van der Waals surface area contributed by atoms with Crippen LogP contribution in [0.3, 0.4) is 0 Å². The molecule has 3 heterocycles. The lowest BCUT2D eigenvalue weighted by atomic mass is 9.95.